The fourth-order valence-corrected chi connectivity index (χ4v) is 4.80. The number of nitrogens with two attached hydrogens (primary N) is 1. The van der Waals surface area contributed by atoms with Crippen LogP contribution in [0.2, 0.25) is 0 Å². The van der Waals surface area contributed by atoms with Crippen molar-refractivity contribution in [2.75, 3.05) is 38.5 Å². The largest absolute Gasteiger partial charge is 0.485 e. The molecule has 0 bridgehead atoms. The number of non-ortho nitro benzene ring substituents is 1. The minimum atomic E-state index is -0.463. The van der Waals surface area contributed by atoms with Gasteiger partial charge in [-0.1, -0.05) is 0 Å². The van der Waals surface area contributed by atoms with Gasteiger partial charge in [-0.15, -0.1) is 0 Å². The number of hydrogen-bond donors (Lipinski definition) is 1. The van der Waals surface area contributed by atoms with Crippen molar-refractivity contribution in [1.29, 1.82) is 0 Å². The fraction of sp³-hybridized carbons (Fsp3) is 0.458. The molecule has 4 rings (SSSR count). The molecule has 2 aromatic carbocycles. The maximum atomic E-state index is 12.8. The number of fused-ring (bicyclic) bond motifs is 1. The summed E-state index contributed by atoms with van der Waals surface area (Å²) >= 11 is 0. The van der Waals surface area contributed by atoms with Crippen molar-refractivity contribution in [3.63, 3.8) is 0 Å². The molecule has 2 N–H and O–H groups in total. The van der Waals surface area contributed by atoms with E-state index in [4.69, 9.17) is 10.5 Å². The minimum absolute atomic E-state index is 0.0143. The van der Waals surface area contributed by atoms with Gasteiger partial charge in [0.05, 0.1) is 4.92 Å². The van der Waals surface area contributed by atoms with E-state index in [1.807, 2.05) is 11.8 Å². The molecule has 8 heteroatoms. The normalized spacial score (nSPS) is 20.7. The van der Waals surface area contributed by atoms with Crippen molar-refractivity contribution in [3.05, 3.63) is 62.2 Å². The van der Waals surface area contributed by atoms with Crippen LogP contribution in [0.5, 0.6) is 5.75 Å². The Hall–Kier alpha value is -3.13. The average molecular weight is 439 g/mol. The number of nitrogens with zero attached hydrogens (tertiary/aromatic N) is 3. The minimum Gasteiger partial charge on any atom is -0.485 e. The summed E-state index contributed by atoms with van der Waals surface area (Å²) in [5, 5.41) is 10.8. The molecular weight excluding hydrogens is 408 g/mol. The summed E-state index contributed by atoms with van der Waals surface area (Å²) in [6.45, 7) is 11.8. The van der Waals surface area contributed by atoms with Gasteiger partial charge in [0.25, 0.3) is 11.6 Å². The van der Waals surface area contributed by atoms with Crippen LogP contribution in [-0.4, -0.2) is 59.0 Å². The second-order valence-electron chi connectivity index (χ2n) is 9.20. The van der Waals surface area contributed by atoms with Gasteiger partial charge in [-0.3, -0.25) is 19.8 Å². The van der Waals surface area contributed by atoms with Gasteiger partial charge >= 0.3 is 0 Å². The summed E-state index contributed by atoms with van der Waals surface area (Å²) in [6, 6.07) is 5.79. The molecule has 0 aliphatic carbocycles. The molecule has 0 radical (unpaired) electrons. The molecule has 2 aromatic rings. The molecule has 170 valence electrons. The molecule has 1 saturated heterocycles. The molecule has 8 nitrogen and oxygen atoms in total. The lowest BCUT2D eigenvalue weighted by molar-refractivity contribution is -0.384. The molecule has 2 aliphatic rings. The quantitative estimate of drug-likeness (QED) is 0.447. The van der Waals surface area contributed by atoms with E-state index in [9.17, 15) is 14.9 Å². The zero-order valence-corrected chi connectivity index (χ0v) is 19.1. The Balaban J connectivity index is 1.38. The Labute approximate surface area is 188 Å². The molecule has 0 spiro atoms. The summed E-state index contributed by atoms with van der Waals surface area (Å²) < 4.78 is 6.49. The van der Waals surface area contributed by atoms with E-state index in [-0.39, 0.29) is 17.2 Å². The molecule has 0 saturated carbocycles. The Kier molecular flexibility index (Phi) is 5.58. The number of nitro groups is 1. The van der Waals surface area contributed by atoms with Crippen LogP contribution in [0.4, 0.5) is 11.4 Å². The predicted molar refractivity (Wildman–Crippen MR) is 123 cm³/mol. The number of amides is 1. The average Bonchev–Trinajstić information content (AvgIpc) is 3.14. The molecule has 2 heterocycles. The Morgan fingerprint density at radius 3 is 2.31 bits per heavy atom. The third kappa shape index (κ3) is 3.90. The molecular formula is C24H30N4O4. The highest BCUT2D eigenvalue weighted by atomic mass is 16.6. The van der Waals surface area contributed by atoms with E-state index in [0.717, 1.165) is 54.2 Å². The monoisotopic (exact) mass is 438 g/mol. The van der Waals surface area contributed by atoms with Gasteiger partial charge in [0.1, 0.15) is 11.4 Å². The standard InChI is InChI=1S/C24H30N4O4/c1-15-16(2)22-20(17(3)21(15)25)13-24(4,32-22)14-26-9-11-27(12-10-26)23(29)18-5-7-19(8-6-18)28(30)31/h5-8H,9-14,25H2,1-4H3. The van der Waals surface area contributed by atoms with Crippen molar-refractivity contribution in [2.24, 2.45) is 0 Å². The maximum absolute atomic E-state index is 12.8. The van der Waals surface area contributed by atoms with Crippen LogP contribution < -0.4 is 10.5 Å². The number of carbonyl (C=O) groups is 1. The molecule has 1 amide bonds. The summed E-state index contributed by atoms with van der Waals surface area (Å²) in [7, 11) is 0. The second kappa shape index (κ2) is 8.09. The number of carbonyl (C=O) groups excluding carboxylic acids is 1. The van der Waals surface area contributed by atoms with Crippen molar-refractivity contribution in [3.8, 4) is 5.75 Å². The molecule has 0 aromatic heterocycles. The van der Waals surface area contributed by atoms with Crippen LogP contribution in [0.25, 0.3) is 0 Å². The van der Waals surface area contributed by atoms with Gasteiger partial charge in [0, 0.05) is 68.1 Å². The van der Waals surface area contributed by atoms with Gasteiger partial charge < -0.3 is 15.4 Å². The van der Waals surface area contributed by atoms with E-state index in [2.05, 4.69) is 25.7 Å². The summed E-state index contributed by atoms with van der Waals surface area (Å²) in [6.07, 6.45) is 0.821. The van der Waals surface area contributed by atoms with Crippen molar-refractivity contribution in [2.45, 2.75) is 39.7 Å². The molecule has 32 heavy (non-hydrogen) atoms. The van der Waals surface area contributed by atoms with Gasteiger partial charge in [-0.25, -0.2) is 0 Å². The Morgan fingerprint density at radius 1 is 1.09 bits per heavy atom. The first-order valence-corrected chi connectivity index (χ1v) is 10.9. The maximum Gasteiger partial charge on any atom is 0.269 e. The number of nitro benzene ring substituents is 1. The van der Waals surface area contributed by atoms with Crippen LogP contribution >= 0.6 is 0 Å². The number of benzene rings is 2. The Bertz CT molecular complexity index is 1040. The molecule has 2 aliphatic heterocycles. The second-order valence-corrected chi connectivity index (χ2v) is 9.20. The topological polar surface area (TPSA) is 102 Å². The molecule has 1 atom stereocenters. The highest BCUT2D eigenvalue weighted by molar-refractivity contribution is 5.94. The van der Waals surface area contributed by atoms with E-state index in [1.165, 1.54) is 29.8 Å². The van der Waals surface area contributed by atoms with Crippen LogP contribution in [-0.2, 0) is 6.42 Å². The molecule has 1 fully saturated rings. The third-order valence-electron chi connectivity index (χ3n) is 6.88. The van der Waals surface area contributed by atoms with Crippen molar-refractivity contribution in [1.82, 2.24) is 9.80 Å². The lowest BCUT2D eigenvalue weighted by Crippen LogP contribution is -2.53. The zero-order valence-electron chi connectivity index (χ0n) is 19.1. The predicted octanol–water partition coefficient (Wildman–Crippen LogP) is 3.25. The number of nitrogen functional groups attached to an aromatic ring is 1. The van der Waals surface area contributed by atoms with Gasteiger partial charge in [0.2, 0.25) is 0 Å². The lowest BCUT2D eigenvalue weighted by Gasteiger charge is -2.38. The lowest BCUT2D eigenvalue weighted by atomic mass is 9.91. The number of piperazine rings is 1. The van der Waals surface area contributed by atoms with Crippen LogP contribution in [0.15, 0.2) is 24.3 Å². The van der Waals surface area contributed by atoms with Crippen LogP contribution in [0.3, 0.4) is 0 Å². The first-order valence-electron chi connectivity index (χ1n) is 10.9. The van der Waals surface area contributed by atoms with Crippen LogP contribution in [0, 0.1) is 30.9 Å². The van der Waals surface area contributed by atoms with E-state index in [0.29, 0.717) is 18.7 Å². The Morgan fingerprint density at radius 2 is 1.72 bits per heavy atom. The summed E-state index contributed by atoms with van der Waals surface area (Å²) in [4.78, 5) is 27.3. The highest BCUT2D eigenvalue weighted by Gasteiger charge is 2.40. The zero-order chi connectivity index (χ0) is 23.2. The van der Waals surface area contributed by atoms with Crippen LogP contribution in [0.1, 0.15) is 39.5 Å². The number of rotatable bonds is 4. The summed E-state index contributed by atoms with van der Waals surface area (Å²) in [5.74, 6) is 0.885. The smallest absolute Gasteiger partial charge is 0.269 e. The SMILES string of the molecule is Cc1c(C)c2c(c(C)c1N)CC(C)(CN1CCN(C(=O)c3ccc([N+](=O)[O-])cc3)CC1)O2. The number of hydrogen-bond acceptors (Lipinski definition) is 6. The van der Waals surface area contributed by atoms with E-state index in [1.54, 1.807) is 0 Å². The van der Waals surface area contributed by atoms with Gasteiger partial charge in [-0.2, -0.15) is 0 Å². The van der Waals surface area contributed by atoms with Crippen molar-refractivity contribution >= 4 is 17.3 Å². The number of ether oxygens (including phenoxy) is 1. The third-order valence-corrected chi connectivity index (χ3v) is 6.88. The first-order chi connectivity index (χ1) is 15.1. The van der Waals surface area contributed by atoms with E-state index >= 15 is 0 Å². The van der Waals surface area contributed by atoms with Crippen molar-refractivity contribution < 1.29 is 14.5 Å². The fourth-order valence-electron chi connectivity index (χ4n) is 4.80. The first kappa shape index (κ1) is 22.1. The number of anilines is 1. The van der Waals surface area contributed by atoms with Gasteiger partial charge in [0.15, 0.2) is 0 Å². The summed E-state index contributed by atoms with van der Waals surface area (Å²) in [5.41, 5.74) is 11.8. The van der Waals surface area contributed by atoms with Gasteiger partial charge in [-0.05, 0) is 56.5 Å². The molecule has 1 unspecified atom stereocenters. The highest BCUT2D eigenvalue weighted by Crippen LogP contribution is 2.43. The van der Waals surface area contributed by atoms with E-state index < -0.39 is 4.92 Å².